The van der Waals surface area contributed by atoms with E-state index in [1.54, 1.807) is 11.8 Å². The van der Waals surface area contributed by atoms with Crippen molar-refractivity contribution in [2.75, 3.05) is 26.9 Å². The Morgan fingerprint density at radius 3 is 2.87 bits per heavy atom. The number of hydrazone groups is 1. The number of thioether (sulfide) groups is 1. The molecule has 0 unspecified atom stereocenters. The lowest BCUT2D eigenvalue weighted by atomic mass is 10.2. The van der Waals surface area contributed by atoms with Crippen LogP contribution in [0.15, 0.2) is 5.10 Å². The zero-order valence-electron chi connectivity index (χ0n) is 9.41. The van der Waals surface area contributed by atoms with Crippen LogP contribution in [0.25, 0.3) is 0 Å². The van der Waals surface area contributed by atoms with E-state index < -0.39 is 4.99 Å². The Kier molecular flexibility index (Phi) is 4.41. The Morgan fingerprint density at radius 1 is 1.60 bits per heavy atom. The topological polar surface area (TPSA) is 56.7 Å². The van der Waals surface area contributed by atoms with E-state index in [4.69, 9.17) is 0 Å². The summed E-state index contributed by atoms with van der Waals surface area (Å²) in [5.41, 5.74) is 2.97. The number of carbonyl (C=O) groups is 1. The van der Waals surface area contributed by atoms with E-state index in [0.717, 1.165) is 19.4 Å². The average molecular weight is 230 g/mol. The fourth-order valence-electron chi connectivity index (χ4n) is 1.42. The van der Waals surface area contributed by atoms with Crippen molar-refractivity contribution in [2.24, 2.45) is 5.10 Å². The van der Waals surface area contributed by atoms with E-state index >= 15 is 0 Å². The van der Waals surface area contributed by atoms with Gasteiger partial charge in [-0.2, -0.15) is 5.10 Å². The van der Waals surface area contributed by atoms with E-state index in [9.17, 15) is 4.79 Å². The van der Waals surface area contributed by atoms with Crippen molar-refractivity contribution in [3.63, 3.8) is 0 Å². The predicted octanol–water partition coefficient (Wildman–Crippen LogP) is 0.0502. The maximum Gasteiger partial charge on any atom is 0.266 e. The lowest BCUT2D eigenvalue weighted by Crippen LogP contribution is -2.57. The van der Waals surface area contributed by atoms with Gasteiger partial charge >= 0.3 is 0 Å². The summed E-state index contributed by atoms with van der Waals surface area (Å²) in [7, 11) is 4.08. The van der Waals surface area contributed by atoms with Gasteiger partial charge in [0.15, 0.2) is 4.99 Å². The van der Waals surface area contributed by atoms with Crippen molar-refractivity contribution < 1.29 is 4.79 Å². The van der Waals surface area contributed by atoms with Gasteiger partial charge in [-0.1, -0.05) is 0 Å². The van der Waals surface area contributed by atoms with E-state index in [0.29, 0.717) is 0 Å². The molecule has 1 heterocycles. The molecule has 86 valence electrons. The predicted molar refractivity (Wildman–Crippen MR) is 63.8 cm³/mol. The minimum absolute atomic E-state index is 0.132. The van der Waals surface area contributed by atoms with Crippen LogP contribution in [-0.4, -0.2) is 48.9 Å². The first-order valence-corrected chi connectivity index (χ1v) is 6.13. The maximum absolute atomic E-state index is 11.2. The Balaban J connectivity index is 2.46. The molecular weight excluding hydrogens is 212 g/mol. The highest BCUT2D eigenvalue weighted by molar-refractivity contribution is 7.99. The van der Waals surface area contributed by atoms with Crippen molar-refractivity contribution in [3.8, 4) is 0 Å². The van der Waals surface area contributed by atoms with Crippen molar-refractivity contribution in [1.82, 2.24) is 15.6 Å². The lowest BCUT2D eigenvalue weighted by molar-refractivity contribution is -0.116. The molecule has 6 heteroatoms. The van der Waals surface area contributed by atoms with Crippen LogP contribution >= 0.6 is 11.8 Å². The summed E-state index contributed by atoms with van der Waals surface area (Å²) in [6.07, 6.45) is 5.09. The number of nitrogens with one attached hydrogen (secondary N) is 2. The third-order valence-corrected chi connectivity index (χ3v) is 3.33. The second kappa shape index (κ2) is 5.37. The summed E-state index contributed by atoms with van der Waals surface area (Å²) in [6.45, 7) is 1.00. The van der Waals surface area contributed by atoms with Crippen molar-refractivity contribution in [1.29, 1.82) is 0 Å². The molecule has 0 fully saturated rings. The Morgan fingerprint density at radius 2 is 2.33 bits per heavy atom. The van der Waals surface area contributed by atoms with Crippen LogP contribution in [0.4, 0.5) is 0 Å². The van der Waals surface area contributed by atoms with Crippen LogP contribution in [0.3, 0.4) is 0 Å². The van der Waals surface area contributed by atoms with Crippen LogP contribution in [0.1, 0.15) is 12.8 Å². The Labute approximate surface area is 94.7 Å². The molecule has 1 aliphatic rings. The Hall–Kier alpha value is -0.750. The molecule has 1 amide bonds. The van der Waals surface area contributed by atoms with E-state index in [1.165, 1.54) is 6.21 Å². The number of hydrogen-bond acceptors (Lipinski definition) is 5. The zero-order valence-corrected chi connectivity index (χ0v) is 10.2. The summed E-state index contributed by atoms with van der Waals surface area (Å²) in [5, 5.41) is 6.76. The minimum Gasteiger partial charge on any atom is -0.319 e. The second-order valence-electron chi connectivity index (χ2n) is 3.80. The monoisotopic (exact) mass is 230 g/mol. The van der Waals surface area contributed by atoms with Gasteiger partial charge in [0.05, 0.1) is 0 Å². The molecule has 1 aliphatic heterocycles. The molecule has 0 aromatic heterocycles. The molecule has 0 aromatic rings. The molecule has 1 atom stereocenters. The smallest absolute Gasteiger partial charge is 0.266 e. The first-order chi connectivity index (χ1) is 7.08. The molecule has 0 saturated heterocycles. The molecule has 15 heavy (non-hydrogen) atoms. The van der Waals surface area contributed by atoms with Gasteiger partial charge in [0.2, 0.25) is 0 Å². The van der Waals surface area contributed by atoms with E-state index in [-0.39, 0.29) is 5.91 Å². The van der Waals surface area contributed by atoms with Crippen molar-refractivity contribution in [3.05, 3.63) is 0 Å². The SMILES string of the molecule is CS[C@]1(CCCN(C)C)NN=CC(=O)N1. The number of carbonyl (C=O) groups excluding carboxylic acids is 1. The third-order valence-electron chi connectivity index (χ3n) is 2.23. The average Bonchev–Trinajstić information content (AvgIpc) is 2.17. The molecule has 0 spiro atoms. The van der Waals surface area contributed by atoms with Gasteiger partial charge in [-0.05, 0) is 33.3 Å². The zero-order chi connectivity index (χ0) is 11.3. The van der Waals surface area contributed by atoms with E-state index in [1.807, 2.05) is 20.4 Å². The minimum atomic E-state index is -0.429. The van der Waals surface area contributed by atoms with Gasteiger partial charge < -0.3 is 10.2 Å². The van der Waals surface area contributed by atoms with Crippen LogP contribution in [0.2, 0.25) is 0 Å². The molecule has 0 saturated carbocycles. The van der Waals surface area contributed by atoms with Gasteiger partial charge in [0, 0.05) is 6.42 Å². The Bertz CT molecular complexity index is 256. The van der Waals surface area contributed by atoms with Crippen LogP contribution in [-0.2, 0) is 4.79 Å². The quantitative estimate of drug-likeness (QED) is 0.701. The first kappa shape index (κ1) is 12.3. The van der Waals surface area contributed by atoms with Crippen LogP contribution in [0.5, 0.6) is 0 Å². The summed E-state index contributed by atoms with van der Waals surface area (Å²) < 4.78 is 0. The third kappa shape index (κ3) is 3.71. The highest BCUT2D eigenvalue weighted by Gasteiger charge is 2.31. The lowest BCUT2D eigenvalue weighted by Gasteiger charge is -2.34. The number of nitrogens with zero attached hydrogens (tertiary/aromatic N) is 2. The molecule has 0 aliphatic carbocycles. The summed E-state index contributed by atoms with van der Waals surface area (Å²) in [4.78, 5) is 12.9. The number of amides is 1. The summed E-state index contributed by atoms with van der Waals surface area (Å²) in [5.74, 6) is -0.132. The van der Waals surface area contributed by atoms with E-state index in [2.05, 4.69) is 20.7 Å². The van der Waals surface area contributed by atoms with Gasteiger partial charge in [0.25, 0.3) is 5.91 Å². The standard InChI is InChI=1S/C9H18N4OS/c1-13(2)6-4-5-9(15-3)11-8(14)7-10-12-9/h7,12H,4-6H2,1-3H3,(H,11,14)/t9-/m0/s1. The first-order valence-electron chi connectivity index (χ1n) is 4.90. The molecule has 0 bridgehead atoms. The fraction of sp³-hybridized carbons (Fsp3) is 0.778. The summed E-state index contributed by atoms with van der Waals surface area (Å²) >= 11 is 1.57. The normalized spacial score (nSPS) is 25.2. The highest BCUT2D eigenvalue weighted by Crippen LogP contribution is 2.23. The molecular formula is C9H18N4OS. The number of hydrogen-bond donors (Lipinski definition) is 2. The molecule has 0 aromatic carbocycles. The largest absolute Gasteiger partial charge is 0.319 e. The van der Waals surface area contributed by atoms with Crippen molar-refractivity contribution in [2.45, 2.75) is 17.8 Å². The molecule has 2 N–H and O–H groups in total. The maximum atomic E-state index is 11.2. The van der Waals surface area contributed by atoms with Gasteiger partial charge in [-0.15, -0.1) is 11.8 Å². The second-order valence-corrected chi connectivity index (χ2v) is 4.90. The van der Waals surface area contributed by atoms with Crippen LogP contribution < -0.4 is 10.7 Å². The molecule has 0 radical (unpaired) electrons. The van der Waals surface area contributed by atoms with Gasteiger partial charge in [-0.3, -0.25) is 10.2 Å². The summed E-state index contributed by atoms with van der Waals surface area (Å²) in [6, 6.07) is 0. The molecule has 5 nitrogen and oxygen atoms in total. The van der Waals surface area contributed by atoms with Gasteiger partial charge in [-0.25, -0.2) is 0 Å². The van der Waals surface area contributed by atoms with Gasteiger partial charge in [0.1, 0.15) is 6.21 Å². The van der Waals surface area contributed by atoms with Crippen LogP contribution in [0, 0.1) is 0 Å². The highest BCUT2D eigenvalue weighted by atomic mass is 32.2. The van der Waals surface area contributed by atoms with Crippen molar-refractivity contribution >= 4 is 23.9 Å². The number of rotatable bonds is 5. The molecule has 1 rings (SSSR count). The fourth-order valence-corrected chi connectivity index (χ4v) is 2.11.